The molecule has 3 N–H and O–H groups in total. The van der Waals surface area contributed by atoms with Crippen molar-refractivity contribution in [3.8, 4) is 0 Å². The maximum atomic E-state index is 12.0. The van der Waals surface area contributed by atoms with E-state index in [2.05, 4.69) is 20.3 Å². The van der Waals surface area contributed by atoms with Gasteiger partial charge in [0, 0.05) is 30.2 Å². The summed E-state index contributed by atoms with van der Waals surface area (Å²) in [5.74, 6) is 0.541. The average Bonchev–Trinajstić information content (AvgIpc) is 3.13. The second kappa shape index (κ2) is 9.57. The number of rotatable bonds is 7. The fraction of sp³-hybridized carbons (Fsp3) is 0.312. The zero-order valence-electron chi connectivity index (χ0n) is 14.3. The minimum Gasteiger partial charge on any atom is -0.355 e. The van der Waals surface area contributed by atoms with E-state index in [0.29, 0.717) is 26.8 Å². The van der Waals surface area contributed by atoms with Crippen LogP contribution >= 0.6 is 34.5 Å². The molecule has 0 aliphatic heterocycles. The Morgan fingerprint density at radius 1 is 1.27 bits per heavy atom. The van der Waals surface area contributed by atoms with Crippen LogP contribution in [0.4, 0.5) is 0 Å². The summed E-state index contributed by atoms with van der Waals surface area (Å²) in [4.78, 5) is 4.13. The number of thiophene rings is 1. The van der Waals surface area contributed by atoms with Gasteiger partial charge in [-0.2, -0.15) is 0 Å². The van der Waals surface area contributed by atoms with E-state index in [9.17, 15) is 8.42 Å². The summed E-state index contributed by atoms with van der Waals surface area (Å²) >= 11 is 13.3. The molecule has 0 aliphatic carbocycles. The first kappa shape index (κ1) is 21.0. The minimum atomic E-state index is -3.46. The minimum absolute atomic E-state index is 0.103. The maximum absolute atomic E-state index is 12.0. The molecule has 0 radical (unpaired) electrons. The van der Waals surface area contributed by atoms with Gasteiger partial charge in [-0.25, -0.2) is 13.1 Å². The molecule has 0 bridgehead atoms. The molecule has 1 aromatic carbocycles. The van der Waals surface area contributed by atoms with Gasteiger partial charge in [0.25, 0.3) is 0 Å². The zero-order valence-corrected chi connectivity index (χ0v) is 17.4. The lowest BCUT2D eigenvalue weighted by molar-refractivity contribution is 0.582. The predicted octanol–water partition coefficient (Wildman–Crippen LogP) is 3.26. The van der Waals surface area contributed by atoms with Gasteiger partial charge in [0.1, 0.15) is 4.21 Å². The Hall–Kier alpha value is -1.32. The lowest BCUT2D eigenvalue weighted by atomic mass is 10.1. The predicted molar refractivity (Wildman–Crippen MR) is 109 cm³/mol. The highest BCUT2D eigenvalue weighted by Crippen LogP contribution is 2.25. The van der Waals surface area contributed by atoms with Crippen LogP contribution < -0.4 is 15.4 Å². The number of guanidine groups is 1. The van der Waals surface area contributed by atoms with Crippen LogP contribution in [-0.2, 0) is 10.0 Å². The maximum Gasteiger partial charge on any atom is 0.250 e. The first-order chi connectivity index (χ1) is 12.3. The number of sulfonamides is 1. The highest BCUT2D eigenvalue weighted by molar-refractivity contribution is 7.91. The molecule has 6 nitrogen and oxygen atoms in total. The number of nitrogens with zero attached hydrogens (tertiary/aromatic N) is 1. The number of aliphatic imine (C=N–C) groups is 1. The van der Waals surface area contributed by atoms with Crippen molar-refractivity contribution in [2.45, 2.75) is 17.2 Å². The van der Waals surface area contributed by atoms with Gasteiger partial charge in [-0.15, -0.1) is 11.3 Å². The second-order valence-electron chi connectivity index (χ2n) is 5.36. The summed E-state index contributed by atoms with van der Waals surface area (Å²) in [6, 6.07) is 8.48. The average molecular weight is 435 g/mol. The smallest absolute Gasteiger partial charge is 0.250 e. The van der Waals surface area contributed by atoms with Crippen molar-refractivity contribution in [2.75, 3.05) is 20.1 Å². The Balaban J connectivity index is 1.84. The zero-order chi connectivity index (χ0) is 19.2. The normalized spacial score (nSPS) is 13.5. The monoisotopic (exact) mass is 434 g/mol. The van der Waals surface area contributed by atoms with Crippen molar-refractivity contribution in [3.63, 3.8) is 0 Å². The fourth-order valence-corrected chi connectivity index (χ4v) is 4.83. The molecule has 1 unspecified atom stereocenters. The number of halogens is 2. The van der Waals surface area contributed by atoms with E-state index in [1.54, 1.807) is 36.7 Å². The van der Waals surface area contributed by atoms with Gasteiger partial charge in [0.2, 0.25) is 10.0 Å². The summed E-state index contributed by atoms with van der Waals surface area (Å²) in [7, 11) is -1.82. The van der Waals surface area contributed by atoms with Crippen LogP contribution in [0.3, 0.4) is 0 Å². The Kier molecular flexibility index (Phi) is 7.72. The summed E-state index contributed by atoms with van der Waals surface area (Å²) < 4.78 is 26.9. The molecule has 10 heteroatoms. The van der Waals surface area contributed by atoms with Gasteiger partial charge in [-0.1, -0.05) is 35.3 Å². The van der Waals surface area contributed by atoms with Crippen LogP contribution in [0.25, 0.3) is 0 Å². The molecular weight excluding hydrogens is 415 g/mol. The van der Waals surface area contributed by atoms with Gasteiger partial charge >= 0.3 is 0 Å². The summed E-state index contributed by atoms with van der Waals surface area (Å²) in [5.41, 5.74) is 0.886. The van der Waals surface area contributed by atoms with Gasteiger partial charge in [-0.3, -0.25) is 4.99 Å². The van der Waals surface area contributed by atoms with E-state index in [1.807, 2.05) is 13.0 Å². The van der Waals surface area contributed by atoms with E-state index >= 15 is 0 Å². The SMILES string of the molecule is CN=C(NCCNS(=O)(=O)c1cccs1)NC(C)c1ccc(Cl)cc1Cl. The third kappa shape index (κ3) is 5.85. The summed E-state index contributed by atoms with van der Waals surface area (Å²) in [6.07, 6.45) is 0. The van der Waals surface area contributed by atoms with Gasteiger partial charge in [0.15, 0.2) is 5.96 Å². The second-order valence-corrected chi connectivity index (χ2v) is 9.15. The first-order valence-corrected chi connectivity index (χ1v) is 10.9. The molecule has 1 heterocycles. The van der Waals surface area contributed by atoms with Crippen molar-refractivity contribution in [2.24, 2.45) is 4.99 Å². The molecule has 0 amide bonds. The topological polar surface area (TPSA) is 82.6 Å². The largest absolute Gasteiger partial charge is 0.355 e. The van der Waals surface area contributed by atoms with Crippen LogP contribution in [0.2, 0.25) is 10.0 Å². The molecule has 26 heavy (non-hydrogen) atoms. The van der Waals surface area contributed by atoms with E-state index in [-0.39, 0.29) is 12.6 Å². The molecule has 2 rings (SSSR count). The molecule has 1 atom stereocenters. The highest BCUT2D eigenvalue weighted by atomic mass is 35.5. The third-order valence-electron chi connectivity index (χ3n) is 3.48. The standard InChI is InChI=1S/C16H20Cl2N4O2S2/c1-11(13-6-5-12(17)10-14(13)18)22-16(19-2)20-7-8-21-26(23,24)15-4-3-9-25-15/h3-6,9-11,21H,7-8H2,1-2H3,(H2,19,20,22). The number of hydrogen-bond acceptors (Lipinski definition) is 4. The summed E-state index contributed by atoms with van der Waals surface area (Å²) in [6.45, 7) is 2.56. The van der Waals surface area contributed by atoms with Crippen LogP contribution in [0, 0.1) is 0 Å². The Morgan fingerprint density at radius 2 is 2.04 bits per heavy atom. The first-order valence-electron chi connectivity index (χ1n) is 7.79. The van der Waals surface area contributed by atoms with Gasteiger partial charge in [0.05, 0.1) is 6.04 Å². The van der Waals surface area contributed by atoms with Crippen LogP contribution in [0.5, 0.6) is 0 Å². The van der Waals surface area contributed by atoms with Crippen molar-refractivity contribution in [1.29, 1.82) is 0 Å². The number of benzene rings is 1. The van der Waals surface area contributed by atoms with Crippen molar-refractivity contribution < 1.29 is 8.42 Å². The van der Waals surface area contributed by atoms with Gasteiger partial charge < -0.3 is 10.6 Å². The quantitative estimate of drug-likeness (QED) is 0.354. The Morgan fingerprint density at radius 3 is 2.65 bits per heavy atom. The summed E-state index contributed by atoms with van der Waals surface area (Å²) in [5, 5.41) is 9.14. The molecule has 0 saturated heterocycles. The van der Waals surface area contributed by atoms with E-state index < -0.39 is 10.0 Å². The number of hydrogen-bond donors (Lipinski definition) is 3. The van der Waals surface area contributed by atoms with Crippen LogP contribution in [0.1, 0.15) is 18.5 Å². The highest BCUT2D eigenvalue weighted by Gasteiger charge is 2.15. The fourth-order valence-electron chi connectivity index (χ4n) is 2.18. The Labute approximate surface area is 167 Å². The third-order valence-corrected chi connectivity index (χ3v) is 6.90. The molecule has 0 spiro atoms. The van der Waals surface area contributed by atoms with E-state index in [4.69, 9.17) is 23.2 Å². The van der Waals surface area contributed by atoms with Crippen molar-refractivity contribution in [3.05, 3.63) is 51.3 Å². The molecule has 142 valence electrons. The molecule has 2 aromatic rings. The van der Waals surface area contributed by atoms with E-state index in [1.165, 1.54) is 11.3 Å². The molecule has 0 fully saturated rings. The molecule has 0 aliphatic rings. The van der Waals surface area contributed by atoms with Crippen LogP contribution in [0.15, 0.2) is 44.9 Å². The lowest BCUT2D eigenvalue weighted by Crippen LogP contribution is -2.42. The Bertz CT molecular complexity index is 855. The van der Waals surface area contributed by atoms with Gasteiger partial charge in [-0.05, 0) is 36.1 Å². The van der Waals surface area contributed by atoms with Crippen molar-refractivity contribution >= 4 is 50.5 Å². The van der Waals surface area contributed by atoms with E-state index in [0.717, 1.165) is 5.56 Å². The molecule has 1 aromatic heterocycles. The number of nitrogens with one attached hydrogen (secondary N) is 3. The van der Waals surface area contributed by atoms with Crippen molar-refractivity contribution in [1.82, 2.24) is 15.4 Å². The lowest BCUT2D eigenvalue weighted by Gasteiger charge is -2.19. The molecular formula is C16H20Cl2N4O2S2. The van der Waals surface area contributed by atoms with Crippen LogP contribution in [-0.4, -0.2) is 34.5 Å². The molecule has 0 saturated carbocycles.